The molecule has 0 aromatic heterocycles. The maximum atomic E-state index is 11.6. The van der Waals surface area contributed by atoms with Gasteiger partial charge in [-0.2, -0.15) is 0 Å². The van der Waals surface area contributed by atoms with Crippen LogP contribution in [0.4, 0.5) is 5.69 Å². The second kappa shape index (κ2) is 8.10. The van der Waals surface area contributed by atoms with Gasteiger partial charge in [-0.1, -0.05) is 19.9 Å². The minimum atomic E-state index is -0.110. The fourth-order valence-electron chi connectivity index (χ4n) is 2.05. The normalized spacial score (nSPS) is 17.3. The molecule has 1 saturated heterocycles. The summed E-state index contributed by atoms with van der Waals surface area (Å²) in [5, 5.41) is 5.92. The summed E-state index contributed by atoms with van der Waals surface area (Å²) in [6.45, 7) is 5.01. The standard InChI is InChI=1S/C16H22N2O3S/c1-11(2)15(19)18-16(22)17-12-5-3-6-13(9-12)21-10-14-7-4-8-20-14/h3,5-6,9,11,14H,4,7-8,10H2,1-2H3,(H2,17,18,19,22). The molecule has 1 fully saturated rings. The smallest absolute Gasteiger partial charge is 0.228 e. The van der Waals surface area contributed by atoms with Gasteiger partial charge in [-0.3, -0.25) is 4.79 Å². The van der Waals surface area contributed by atoms with Crippen LogP contribution in [0.2, 0.25) is 0 Å². The molecule has 5 nitrogen and oxygen atoms in total. The van der Waals surface area contributed by atoms with Crippen LogP contribution in [0.15, 0.2) is 24.3 Å². The van der Waals surface area contributed by atoms with Crippen molar-refractivity contribution in [3.8, 4) is 5.75 Å². The molecule has 2 rings (SSSR count). The van der Waals surface area contributed by atoms with Crippen LogP contribution in [0.3, 0.4) is 0 Å². The van der Waals surface area contributed by atoms with Gasteiger partial charge >= 0.3 is 0 Å². The Kier molecular flexibility index (Phi) is 6.15. The Balaban J connectivity index is 1.85. The highest BCUT2D eigenvalue weighted by atomic mass is 32.1. The molecular weight excluding hydrogens is 300 g/mol. The molecule has 0 saturated carbocycles. The minimum Gasteiger partial charge on any atom is -0.491 e. The van der Waals surface area contributed by atoms with Gasteiger partial charge < -0.3 is 20.1 Å². The molecule has 1 atom stereocenters. The maximum absolute atomic E-state index is 11.6. The average molecular weight is 322 g/mol. The molecule has 1 aromatic carbocycles. The van der Waals surface area contributed by atoms with Gasteiger partial charge in [0.25, 0.3) is 0 Å². The van der Waals surface area contributed by atoms with E-state index in [1.54, 1.807) is 0 Å². The number of carbonyl (C=O) groups is 1. The number of ether oxygens (including phenoxy) is 2. The number of thiocarbonyl (C=S) groups is 1. The highest BCUT2D eigenvalue weighted by Crippen LogP contribution is 2.19. The van der Waals surface area contributed by atoms with E-state index < -0.39 is 0 Å². The monoisotopic (exact) mass is 322 g/mol. The summed E-state index contributed by atoms with van der Waals surface area (Å²) in [4.78, 5) is 11.6. The maximum Gasteiger partial charge on any atom is 0.228 e. The first-order valence-electron chi connectivity index (χ1n) is 7.51. The number of benzene rings is 1. The molecule has 1 amide bonds. The fourth-order valence-corrected chi connectivity index (χ4v) is 2.27. The van der Waals surface area contributed by atoms with E-state index in [1.807, 2.05) is 38.1 Å². The van der Waals surface area contributed by atoms with Crippen molar-refractivity contribution in [1.29, 1.82) is 0 Å². The van der Waals surface area contributed by atoms with E-state index in [0.717, 1.165) is 30.9 Å². The third kappa shape index (κ3) is 5.27. The second-order valence-electron chi connectivity index (χ2n) is 5.57. The fraction of sp³-hybridized carbons (Fsp3) is 0.500. The molecule has 0 bridgehead atoms. The summed E-state index contributed by atoms with van der Waals surface area (Å²) in [6, 6.07) is 7.48. The second-order valence-corrected chi connectivity index (χ2v) is 5.98. The lowest BCUT2D eigenvalue weighted by Gasteiger charge is -2.14. The van der Waals surface area contributed by atoms with Gasteiger partial charge in [0, 0.05) is 24.3 Å². The molecule has 120 valence electrons. The van der Waals surface area contributed by atoms with E-state index >= 15 is 0 Å². The number of anilines is 1. The van der Waals surface area contributed by atoms with Crippen LogP contribution in [0, 0.1) is 5.92 Å². The topological polar surface area (TPSA) is 59.6 Å². The molecule has 1 aromatic rings. The Labute approximate surface area is 136 Å². The van der Waals surface area contributed by atoms with Crippen LogP contribution in [-0.2, 0) is 9.53 Å². The van der Waals surface area contributed by atoms with Gasteiger partial charge in [-0.15, -0.1) is 0 Å². The summed E-state index contributed by atoms with van der Waals surface area (Å²) in [7, 11) is 0. The van der Waals surface area contributed by atoms with Gasteiger partial charge in [0.2, 0.25) is 5.91 Å². The van der Waals surface area contributed by atoms with Crippen molar-refractivity contribution in [2.24, 2.45) is 5.92 Å². The van der Waals surface area contributed by atoms with Crippen molar-refractivity contribution in [1.82, 2.24) is 5.32 Å². The van der Waals surface area contributed by atoms with Crippen molar-refractivity contribution >= 4 is 28.9 Å². The Morgan fingerprint density at radius 3 is 3.00 bits per heavy atom. The first-order chi connectivity index (χ1) is 10.5. The first kappa shape index (κ1) is 16.7. The third-order valence-electron chi connectivity index (χ3n) is 3.31. The van der Waals surface area contributed by atoms with Crippen LogP contribution < -0.4 is 15.4 Å². The highest BCUT2D eigenvalue weighted by Gasteiger charge is 2.16. The largest absolute Gasteiger partial charge is 0.491 e. The summed E-state index contributed by atoms with van der Waals surface area (Å²) >= 11 is 5.12. The molecule has 2 N–H and O–H groups in total. The highest BCUT2D eigenvalue weighted by molar-refractivity contribution is 7.80. The van der Waals surface area contributed by atoms with Crippen molar-refractivity contribution in [2.75, 3.05) is 18.5 Å². The Bertz CT molecular complexity index is 528. The van der Waals surface area contributed by atoms with E-state index in [1.165, 1.54) is 0 Å². The zero-order valence-corrected chi connectivity index (χ0v) is 13.7. The molecule has 0 radical (unpaired) electrons. The molecule has 1 aliphatic heterocycles. The van der Waals surface area contributed by atoms with Gasteiger partial charge in [0.05, 0.1) is 6.10 Å². The van der Waals surface area contributed by atoms with Crippen molar-refractivity contribution in [2.45, 2.75) is 32.8 Å². The molecule has 6 heteroatoms. The van der Waals surface area contributed by atoms with E-state index in [4.69, 9.17) is 21.7 Å². The number of hydrogen-bond donors (Lipinski definition) is 2. The zero-order chi connectivity index (χ0) is 15.9. The van der Waals surface area contributed by atoms with E-state index in [9.17, 15) is 4.79 Å². The Hall–Kier alpha value is -1.66. The zero-order valence-electron chi connectivity index (χ0n) is 12.9. The van der Waals surface area contributed by atoms with Crippen molar-refractivity contribution in [3.05, 3.63) is 24.3 Å². The van der Waals surface area contributed by atoms with E-state index in [-0.39, 0.29) is 23.0 Å². The summed E-state index contributed by atoms with van der Waals surface area (Å²) in [5.74, 6) is 0.530. The molecule has 0 aliphatic carbocycles. The number of rotatable bonds is 5. The minimum absolute atomic E-state index is 0.108. The van der Waals surface area contributed by atoms with Crippen LogP contribution >= 0.6 is 12.2 Å². The van der Waals surface area contributed by atoms with Crippen molar-refractivity contribution in [3.63, 3.8) is 0 Å². The Morgan fingerprint density at radius 1 is 1.50 bits per heavy atom. The van der Waals surface area contributed by atoms with Crippen LogP contribution in [0.25, 0.3) is 0 Å². The number of amides is 1. The van der Waals surface area contributed by atoms with Crippen molar-refractivity contribution < 1.29 is 14.3 Å². The average Bonchev–Trinajstić information content (AvgIpc) is 2.98. The summed E-state index contributed by atoms with van der Waals surface area (Å²) < 4.78 is 11.3. The quantitative estimate of drug-likeness (QED) is 0.816. The van der Waals surface area contributed by atoms with Gasteiger partial charge in [0.15, 0.2) is 5.11 Å². The predicted octanol–water partition coefficient (Wildman–Crippen LogP) is 2.71. The molecule has 1 heterocycles. The first-order valence-corrected chi connectivity index (χ1v) is 7.91. The van der Waals surface area contributed by atoms with Gasteiger partial charge in [-0.25, -0.2) is 0 Å². The van der Waals surface area contributed by atoms with Crippen LogP contribution in [0.5, 0.6) is 5.75 Å². The molecule has 22 heavy (non-hydrogen) atoms. The Morgan fingerprint density at radius 2 is 2.32 bits per heavy atom. The third-order valence-corrected chi connectivity index (χ3v) is 3.52. The van der Waals surface area contributed by atoms with E-state index in [2.05, 4.69) is 10.6 Å². The van der Waals surface area contributed by atoms with E-state index in [0.29, 0.717) is 6.61 Å². The lowest BCUT2D eigenvalue weighted by atomic mass is 10.2. The lowest BCUT2D eigenvalue weighted by Crippen LogP contribution is -2.36. The molecule has 1 unspecified atom stereocenters. The predicted molar refractivity (Wildman–Crippen MR) is 90.1 cm³/mol. The lowest BCUT2D eigenvalue weighted by molar-refractivity contribution is -0.122. The molecular formula is C16H22N2O3S. The number of hydrogen-bond acceptors (Lipinski definition) is 4. The summed E-state index contributed by atoms with van der Waals surface area (Å²) in [6.07, 6.45) is 2.32. The SMILES string of the molecule is CC(C)C(=O)NC(=S)Nc1cccc(OCC2CCCO2)c1. The summed E-state index contributed by atoms with van der Waals surface area (Å²) in [5.41, 5.74) is 0.777. The van der Waals surface area contributed by atoms with Gasteiger partial charge in [0.1, 0.15) is 12.4 Å². The van der Waals surface area contributed by atoms with Gasteiger partial charge in [-0.05, 0) is 37.2 Å². The van der Waals surface area contributed by atoms with Crippen LogP contribution in [-0.4, -0.2) is 30.3 Å². The van der Waals surface area contributed by atoms with Crippen LogP contribution in [0.1, 0.15) is 26.7 Å². The molecule has 1 aliphatic rings. The number of nitrogens with one attached hydrogen (secondary N) is 2. The molecule has 0 spiro atoms. The number of carbonyl (C=O) groups excluding carboxylic acids is 1.